The third-order valence-corrected chi connectivity index (χ3v) is 13.9. The van der Waals surface area contributed by atoms with Crippen LogP contribution in [0.2, 0.25) is 0 Å². The largest absolute Gasteiger partial charge is 0.456 e. The van der Waals surface area contributed by atoms with Crippen molar-refractivity contribution in [2.75, 3.05) is 0 Å². The molecule has 326 valence electrons. The van der Waals surface area contributed by atoms with Crippen molar-refractivity contribution in [3.63, 3.8) is 0 Å². The summed E-state index contributed by atoms with van der Waals surface area (Å²) in [7, 11) is 0. The van der Waals surface area contributed by atoms with Crippen LogP contribution in [0, 0.1) is 0 Å². The van der Waals surface area contributed by atoms with Crippen molar-refractivity contribution < 1.29 is 8.83 Å². The van der Waals surface area contributed by atoms with E-state index in [1.807, 2.05) is 60.7 Å². The van der Waals surface area contributed by atoms with Gasteiger partial charge in [0.05, 0.1) is 22.1 Å². The topological polar surface area (TPSA) is 74.8 Å². The summed E-state index contributed by atoms with van der Waals surface area (Å²) in [4.78, 5) is 15.6. The molecule has 70 heavy (non-hydrogen) atoms. The van der Waals surface area contributed by atoms with E-state index in [0.717, 1.165) is 111 Å². The van der Waals surface area contributed by atoms with Gasteiger partial charge in [0, 0.05) is 83.3 Å². The molecule has 0 aliphatic rings. The molecule has 7 nitrogen and oxygen atoms in total. The van der Waals surface area contributed by atoms with Gasteiger partial charge in [-0.25, -0.2) is 15.0 Å². The Kier molecular flexibility index (Phi) is 8.23. The molecule has 15 aromatic rings. The van der Waals surface area contributed by atoms with Crippen molar-refractivity contribution in [1.29, 1.82) is 0 Å². The lowest BCUT2D eigenvalue weighted by atomic mass is 9.95. The van der Waals surface area contributed by atoms with E-state index in [9.17, 15) is 0 Å². The van der Waals surface area contributed by atoms with Crippen molar-refractivity contribution in [2.45, 2.75) is 0 Å². The molecule has 0 radical (unpaired) electrons. The Morgan fingerprint density at radius 1 is 0.257 bits per heavy atom. The monoisotopic (exact) mass is 895 g/mol. The molecule has 0 saturated carbocycles. The third-order valence-electron chi connectivity index (χ3n) is 13.9. The zero-order valence-electron chi connectivity index (χ0n) is 37.4. The van der Waals surface area contributed by atoms with Crippen LogP contribution in [-0.4, -0.2) is 24.1 Å². The van der Waals surface area contributed by atoms with Crippen molar-refractivity contribution in [3.8, 4) is 56.7 Å². The van der Waals surface area contributed by atoms with Crippen LogP contribution in [0.15, 0.2) is 233 Å². The van der Waals surface area contributed by atoms with E-state index in [0.29, 0.717) is 17.5 Å². The van der Waals surface area contributed by atoms with E-state index < -0.39 is 0 Å². The van der Waals surface area contributed by atoms with Crippen LogP contribution in [0.25, 0.3) is 144 Å². The number of hydrogen-bond donors (Lipinski definition) is 0. The van der Waals surface area contributed by atoms with Gasteiger partial charge in [-0.15, -0.1) is 0 Å². The highest BCUT2D eigenvalue weighted by Crippen LogP contribution is 2.45. The first-order chi connectivity index (χ1) is 34.7. The van der Waals surface area contributed by atoms with E-state index in [2.05, 4.69) is 173 Å². The Morgan fingerprint density at radius 3 is 1.23 bits per heavy atom. The number of hydrogen-bond acceptors (Lipinski definition) is 5. The number of aromatic nitrogens is 5. The fraction of sp³-hybridized carbons (Fsp3) is 0. The second-order valence-electron chi connectivity index (χ2n) is 18.0. The molecular formula is C63H37N5O2. The average Bonchev–Trinajstić information content (AvgIpc) is 4.16. The fourth-order valence-corrected chi connectivity index (χ4v) is 10.8. The smallest absolute Gasteiger partial charge is 0.164 e. The van der Waals surface area contributed by atoms with Crippen molar-refractivity contribution in [2.24, 2.45) is 0 Å². The summed E-state index contributed by atoms with van der Waals surface area (Å²) in [6, 6.07) is 78.4. The molecule has 0 N–H and O–H groups in total. The summed E-state index contributed by atoms with van der Waals surface area (Å²) in [6.45, 7) is 0. The molecule has 10 aromatic carbocycles. The Labute approximate surface area is 399 Å². The molecule has 0 bridgehead atoms. The van der Waals surface area contributed by atoms with Gasteiger partial charge in [-0.2, -0.15) is 0 Å². The average molecular weight is 896 g/mol. The van der Waals surface area contributed by atoms with E-state index >= 15 is 0 Å². The Morgan fingerprint density at radius 2 is 0.686 bits per heavy atom. The Bertz CT molecular complexity index is 4510. The first kappa shape index (κ1) is 38.5. The first-order valence-electron chi connectivity index (χ1n) is 23.5. The van der Waals surface area contributed by atoms with Crippen molar-refractivity contribution >= 4 is 87.5 Å². The van der Waals surface area contributed by atoms with E-state index in [1.165, 1.54) is 16.2 Å². The van der Waals surface area contributed by atoms with Gasteiger partial charge < -0.3 is 18.0 Å². The maximum atomic E-state index is 6.95. The van der Waals surface area contributed by atoms with E-state index in [4.69, 9.17) is 23.8 Å². The molecule has 0 saturated heterocycles. The zero-order valence-corrected chi connectivity index (χ0v) is 37.4. The summed E-state index contributed by atoms with van der Waals surface area (Å²) in [6.07, 6.45) is 0. The highest BCUT2D eigenvalue weighted by molar-refractivity contribution is 6.20. The Balaban J connectivity index is 0.986. The molecule has 0 unspecified atom stereocenters. The van der Waals surface area contributed by atoms with Crippen LogP contribution in [0.1, 0.15) is 0 Å². The lowest BCUT2D eigenvalue weighted by Crippen LogP contribution is -2.01. The number of benzene rings is 10. The number of nitrogens with zero attached hydrogens (tertiary/aromatic N) is 5. The summed E-state index contributed by atoms with van der Waals surface area (Å²) in [5.41, 5.74) is 14.3. The van der Waals surface area contributed by atoms with Gasteiger partial charge in [0.25, 0.3) is 0 Å². The van der Waals surface area contributed by atoms with Crippen LogP contribution in [0.4, 0.5) is 0 Å². The molecule has 0 aliphatic heterocycles. The van der Waals surface area contributed by atoms with Gasteiger partial charge in [0.2, 0.25) is 0 Å². The van der Waals surface area contributed by atoms with Gasteiger partial charge in [0.15, 0.2) is 17.5 Å². The molecule has 0 amide bonds. The summed E-state index contributed by atoms with van der Waals surface area (Å²) < 4.78 is 18.5. The normalized spacial score (nSPS) is 12.0. The van der Waals surface area contributed by atoms with Crippen molar-refractivity contribution in [1.82, 2.24) is 24.1 Å². The lowest BCUT2D eigenvalue weighted by Gasteiger charge is -2.12. The van der Waals surface area contributed by atoms with Gasteiger partial charge in [0.1, 0.15) is 22.3 Å². The van der Waals surface area contributed by atoms with Crippen LogP contribution >= 0.6 is 0 Å². The molecule has 0 aliphatic carbocycles. The van der Waals surface area contributed by atoms with Crippen LogP contribution in [0.3, 0.4) is 0 Å². The minimum Gasteiger partial charge on any atom is -0.456 e. The van der Waals surface area contributed by atoms with Crippen LogP contribution in [-0.2, 0) is 0 Å². The van der Waals surface area contributed by atoms with Crippen LogP contribution < -0.4 is 0 Å². The highest BCUT2D eigenvalue weighted by Gasteiger charge is 2.23. The van der Waals surface area contributed by atoms with E-state index in [1.54, 1.807) is 0 Å². The highest BCUT2D eigenvalue weighted by atomic mass is 16.3. The molecule has 0 spiro atoms. The third kappa shape index (κ3) is 5.85. The predicted octanol–water partition coefficient (Wildman–Crippen LogP) is 16.5. The minimum atomic E-state index is 0.557. The van der Waals surface area contributed by atoms with Crippen molar-refractivity contribution in [3.05, 3.63) is 224 Å². The SMILES string of the molecule is c1ccc(-c2nc(-c3ccccc3)nc(-c3cc4c(cc3-c3ccc5c(c3)oc3cc6c(cc35)c3ccccc3n6-c3ccccc3)oc3cc5c(cc34)c3ccccc3n5-c3ccccc3)n2)cc1. The van der Waals surface area contributed by atoms with Gasteiger partial charge in [-0.1, -0.05) is 140 Å². The minimum absolute atomic E-state index is 0.557. The quantitative estimate of drug-likeness (QED) is 0.166. The van der Waals surface area contributed by atoms with Crippen LogP contribution in [0.5, 0.6) is 0 Å². The number of rotatable bonds is 6. The number of fused-ring (bicyclic) bond motifs is 12. The standard InChI is InChI=1S/C63H37N5O2/c1-5-17-38(18-6-1)61-64-62(39-19-7-2-8-20-39)66-63(65-61)52-34-51-50-33-48-44-26-14-16-28-54(44)68(42-23-11-4-12-24-42)56(48)37-60(50)70-58(51)35-46(52)40-29-30-45-49-32-47-43-25-13-15-27-53(43)67(41-21-9-3-10-22-41)55(47)36-59(49)69-57(45)31-40/h1-37H. The molecular weight excluding hydrogens is 859 g/mol. The summed E-state index contributed by atoms with van der Waals surface area (Å²) in [5, 5.41) is 8.78. The van der Waals surface area contributed by atoms with Gasteiger partial charge in [-0.3, -0.25) is 0 Å². The Hall–Kier alpha value is -9.59. The fourth-order valence-electron chi connectivity index (χ4n) is 10.8. The first-order valence-corrected chi connectivity index (χ1v) is 23.5. The number of para-hydroxylation sites is 4. The summed E-state index contributed by atoms with van der Waals surface area (Å²) >= 11 is 0. The maximum absolute atomic E-state index is 6.95. The molecule has 0 fully saturated rings. The molecule has 0 atom stereocenters. The summed E-state index contributed by atoms with van der Waals surface area (Å²) in [5.74, 6) is 1.74. The molecule has 5 aromatic heterocycles. The second kappa shape index (κ2) is 15.0. The lowest BCUT2D eigenvalue weighted by molar-refractivity contribution is 0.668. The molecule has 15 rings (SSSR count). The second-order valence-corrected chi connectivity index (χ2v) is 18.0. The molecule has 7 heteroatoms. The predicted molar refractivity (Wildman–Crippen MR) is 285 cm³/mol. The van der Waals surface area contributed by atoms with E-state index in [-0.39, 0.29) is 0 Å². The molecule has 5 heterocycles. The number of furan rings is 2. The maximum Gasteiger partial charge on any atom is 0.164 e. The van der Waals surface area contributed by atoms with Gasteiger partial charge in [-0.05, 0) is 83.9 Å². The van der Waals surface area contributed by atoms with Gasteiger partial charge >= 0.3 is 0 Å². The zero-order chi connectivity index (χ0) is 45.9.